The molecular weight excluding hydrogens is 227 g/mol. The van der Waals surface area contributed by atoms with E-state index in [-0.39, 0.29) is 0 Å². The van der Waals surface area contributed by atoms with E-state index < -0.39 is 14.6 Å². The van der Waals surface area contributed by atoms with E-state index in [9.17, 15) is 4.79 Å². The summed E-state index contributed by atoms with van der Waals surface area (Å²) in [6.07, 6.45) is 0. The third-order valence-electron chi connectivity index (χ3n) is 1.64. The predicted octanol–water partition coefficient (Wildman–Crippen LogP) is 3.14. The highest BCUT2D eigenvalue weighted by atomic mass is 31.2. The fourth-order valence-electron chi connectivity index (χ4n) is 0.995. The van der Waals surface area contributed by atoms with Gasteiger partial charge >= 0.3 is 14.6 Å². The Morgan fingerprint density at radius 2 is 1.69 bits per heavy atom. The molecule has 0 aromatic heterocycles. The summed E-state index contributed by atoms with van der Waals surface area (Å²) in [7, 11) is -1.57. The van der Waals surface area contributed by atoms with E-state index in [1.165, 1.54) is 0 Å². The van der Waals surface area contributed by atoms with E-state index in [2.05, 4.69) is 0 Å². The van der Waals surface area contributed by atoms with Crippen molar-refractivity contribution in [3.05, 3.63) is 35.9 Å². The van der Waals surface area contributed by atoms with Crippen molar-refractivity contribution in [2.24, 2.45) is 0 Å². The SMILES string of the molecule is CCOP(OCC)OC(=O)c1ccccc1. The van der Waals surface area contributed by atoms with Gasteiger partial charge in [0.2, 0.25) is 0 Å². The van der Waals surface area contributed by atoms with Gasteiger partial charge in [-0.3, -0.25) is 0 Å². The molecule has 0 aliphatic heterocycles. The third kappa shape index (κ3) is 4.27. The van der Waals surface area contributed by atoms with Crippen LogP contribution in [0.2, 0.25) is 0 Å². The van der Waals surface area contributed by atoms with Crippen LogP contribution < -0.4 is 0 Å². The highest BCUT2D eigenvalue weighted by Crippen LogP contribution is 2.40. The molecule has 0 aliphatic carbocycles. The molecule has 1 aromatic rings. The van der Waals surface area contributed by atoms with Crippen LogP contribution in [-0.2, 0) is 13.6 Å². The Kier molecular flexibility index (Phi) is 6.01. The zero-order chi connectivity index (χ0) is 11.8. The van der Waals surface area contributed by atoms with E-state index in [0.29, 0.717) is 18.8 Å². The van der Waals surface area contributed by atoms with E-state index in [1.807, 2.05) is 19.9 Å². The predicted molar refractivity (Wildman–Crippen MR) is 62.0 cm³/mol. The first kappa shape index (κ1) is 13.1. The summed E-state index contributed by atoms with van der Waals surface area (Å²) in [6, 6.07) is 8.77. The van der Waals surface area contributed by atoms with Gasteiger partial charge in [-0.25, -0.2) is 4.79 Å². The Morgan fingerprint density at radius 1 is 1.12 bits per heavy atom. The molecule has 0 unspecified atom stereocenters. The van der Waals surface area contributed by atoms with Crippen LogP contribution in [0.5, 0.6) is 0 Å². The van der Waals surface area contributed by atoms with Crippen LogP contribution >= 0.6 is 8.60 Å². The average molecular weight is 242 g/mol. The summed E-state index contributed by atoms with van der Waals surface area (Å²) in [5, 5.41) is 0. The standard InChI is InChI=1S/C11H15O4P/c1-3-13-16(14-4-2)15-11(12)10-8-6-5-7-9-10/h5-9H,3-4H2,1-2H3. The van der Waals surface area contributed by atoms with Crippen LogP contribution in [0.4, 0.5) is 0 Å². The summed E-state index contributed by atoms with van der Waals surface area (Å²) in [6.45, 7) is 4.55. The van der Waals surface area contributed by atoms with Gasteiger partial charge in [-0.15, -0.1) is 0 Å². The van der Waals surface area contributed by atoms with Crippen molar-refractivity contribution in [2.75, 3.05) is 13.2 Å². The first-order valence-corrected chi connectivity index (χ1v) is 6.20. The molecule has 0 saturated heterocycles. The van der Waals surface area contributed by atoms with Gasteiger partial charge in [0.25, 0.3) is 0 Å². The van der Waals surface area contributed by atoms with Gasteiger partial charge in [-0.2, -0.15) is 0 Å². The Labute approximate surface area is 96.5 Å². The lowest BCUT2D eigenvalue weighted by molar-refractivity contribution is 0.0675. The second-order valence-corrected chi connectivity index (χ2v) is 3.95. The van der Waals surface area contributed by atoms with Crippen molar-refractivity contribution in [3.8, 4) is 0 Å². The molecule has 0 N–H and O–H groups in total. The Hall–Kier alpha value is -0.960. The largest absolute Gasteiger partial charge is 0.399 e. The minimum absolute atomic E-state index is 0.423. The summed E-state index contributed by atoms with van der Waals surface area (Å²) >= 11 is 0. The molecule has 1 aromatic carbocycles. The third-order valence-corrected chi connectivity index (χ3v) is 2.89. The van der Waals surface area contributed by atoms with Gasteiger partial charge in [0.15, 0.2) is 0 Å². The molecule has 0 aliphatic rings. The number of benzene rings is 1. The fraction of sp³-hybridized carbons (Fsp3) is 0.364. The van der Waals surface area contributed by atoms with Gasteiger partial charge in [0.1, 0.15) is 0 Å². The van der Waals surface area contributed by atoms with Crippen LogP contribution in [0, 0.1) is 0 Å². The maximum absolute atomic E-state index is 11.6. The second kappa shape index (κ2) is 7.34. The van der Waals surface area contributed by atoms with Crippen molar-refractivity contribution < 1.29 is 18.4 Å². The Bertz CT molecular complexity index is 309. The van der Waals surface area contributed by atoms with Gasteiger partial charge in [0.05, 0.1) is 18.8 Å². The topological polar surface area (TPSA) is 44.8 Å². The molecule has 0 radical (unpaired) electrons. The lowest BCUT2D eigenvalue weighted by Crippen LogP contribution is -2.04. The summed E-state index contributed by atoms with van der Waals surface area (Å²) < 4.78 is 15.4. The molecule has 0 heterocycles. The first-order chi connectivity index (χ1) is 7.77. The molecule has 0 atom stereocenters. The average Bonchev–Trinajstić information content (AvgIpc) is 2.31. The minimum Gasteiger partial charge on any atom is -0.390 e. The van der Waals surface area contributed by atoms with Crippen LogP contribution in [0.25, 0.3) is 0 Å². The van der Waals surface area contributed by atoms with E-state index in [0.717, 1.165) is 0 Å². The minimum atomic E-state index is -1.57. The Balaban J connectivity index is 2.54. The summed E-state index contributed by atoms with van der Waals surface area (Å²) in [4.78, 5) is 11.6. The molecule has 1 rings (SSSR count). The molecule has 0 fully saturated rings. The molecule has 5 heteroatoms. The lowest BCUT2D eigenvalue weighted by atomic mass is 10.2. The maximum Gasteiger partial charge on any atom is 0.399 e. The molecule has 16 heavy (non-hydrogen) atoms. The number of carbonyl (C=O) groups excluding carboxylic acids is 1. The van der Waals surface area contributed by atoms with Gasteiger partial charge in [-0.05, 0) is 26.0 Å². The molecule has 4 nitrogen and oxygen atoms in total. The maximum atomic E-state index is 11.6. The molecular formula is C11H15O4P. The number of rotatable bonds is 6. The number of hydrogen-bond donors (Lipinski definition) is 0. The van der Waals surface area contributed by atoms with Gasteiger partial charge < -0.3 is 13.6 Å². The molecule has 0 saturated carbocycles. The highest BCUT2D eigenvalue weighted by Gasteiger charge is 2.18. The van der Waals surface area contributed by atoms with Gasteiger partial charge in [-0.1, -0.05) is 18.2 Å². The monoisotopic (exact) mass is 242 g/mol. The van der Waals surface area contributed by atoms with Crippen molar-refractivity contribution in [1.82, 2.24) is 0 Å². The van der Waals surface area contributed by atoms with Crippen LogP contribution in [0.3, 0.4) is 0 Å². The normalized spacial score (nSPS) is 10.4. The van der Waals surface area contributed by atoms with E-state index in [1.54, 1.807) is 24.3 Å². The van der Waals surface area contributed by atoms with Crippen molar-refractivity contribution >= 4 is 14.6 Å². The van der Waals surface area contributed by atoms with Crippen LogP contribution in [0.15, 0.2) is 30.3 Å². The first-order valence-electron chi connectivity index (χ1n) is 5.11. The number of hydrogen-bond acceptors (Lipinski definition) is 4. The number of carbonyl (C=O) groups is 1. The molecule has 0 spiro atoms. The Morgan fingerprint density at radius 3 is 2.19 bits per heavy atom. The molecule has 88 valence electrons. The van der Waals surface area contributed by atoms with E-state index in [4.69, 9.17) is 13.6 Å². The van der Waals surface area contributed by atoms with Crippen molar-refractivity contribution in [1.29, 1.82) is 0 Å². The lowest BCUT2D eigenvalue weighted by Gasteiger charge is -2.13. The van der Waals surface area contributed by atoms with Crippen LogP contribution in [0.1, 0.15) is 24.2 Å². The summed E-state index contributed by atoms with van der Waals surface area (Å²) in [5.74, 6) is -0.423. The summed E-state index contributed by atoms with van der Waals surface area (Å²) in [5.41, 5.74) is 0.495. The fourth-order valence-corrected chi connectivity index (χ4v) is 1.84. The van der Waals surface area contributed by atoms with Gasteiger partial charge in [0, 0.05) is 0 Å². The zero-order valence-corrected chi connectivity index (χ0v) is 10.3. The zero-order valence-electron chi connectivity index (χ0n) is 9.38. The van der Waals surface area contributed by atoms with Crippen molar-refractivity contribution in [2.45, 2.75) is 13.8 Å². The quantitative estimate of drug-likeness (QED) is 0.719. The molecule has 0 amide bonds. The van der Waals surface area contributed by atoms with E-state index >= 15 is 0 Å². The van der Waals surface area contributed by atoms with Crippen LogP contribution in [-0.4, -0.2) is 19.2 Å². The second-order valence-electron chi connectivity index (χ2n) is 2.80. The van der Waals surface area contributed by atoms with Crippen molar-refractivity contribution in [3.63, 3.8) is 0 Å². The smallest absolute Gasteiger partial charge is 0.390 e. The highest BCUT2D eigenvalue weighted by molar-refractivity contribution is 7.42. The molecule has 0 bridgehead atoms.